The van der Waals surface area contributed by atoms with Crippen LogP contribution in [0, 0.1) is 0 Å². The van der Waals surface area contributed by atoms with Crippen LogP contribution < -0.4 is 5.73 Å². The van der Waals surface area contributed by atoms with Crippen LogP contribution in [0.2, 0.25) is 0 Å². The SMILES string of the molecule is CC[C@@H](C)N(C(=O)CSc1n[nH]c(N)n1)[C@H]1CCS(=O)(=O)C1. The highest BCUT2D eigenvalue weighted by Gasteiger charge is 2.36. The van der Waals surface area contributed by atoms with E-state index < -0.39 is 9.84 Å². The fourth-order valence-corrected chi connectivity index (χ4v) is 4.91. The van der Waals surface area contributed by atoms with Gasteiger partial charge in [-0.05, 0) is 19.8 Å². The number of amides is 1. The van der Waals surface area contributed by atoms with Crippen LogP contribution in [0.1, 0.15) is 26.7 Å². The first-order chi connectivity index (χ1) is 10.3. The van der Waals surface area contributed by atoms with Crippen LogP contribution in [0.25, 0.3) is 0 Å². The number of nitrogens with two attached hydrogens (primary N) is 1. The largest absolute Gasteiger partial charge is 0.368 e. The highest BCUT2D eigenvalue weighted by atomic mass is 32.2. The number of H-pyrrole nitrogens is 1. The van der Waals surface area contributed by atoms with E-state index in [0.717, 1.165) is 6.42 Å². The highest BCUT2D eigenvalue weighted by molar-refractivity contribution is 7.99. The molecule has 0 spiro atoms. The van der Waals surface area contributed by atoms with Crippen LogP contribution in [0.5, 0.6) is 0 Å². The molecule has 10 heteroatoms. The van der Waals surface area contributed by atoms with Crippen molar-refractivity contribution >= 4 is 33.5 Å². The number of nitrogens with one attached hydrogen (secondary N) is 1. The van der Waals surface area contributed by atoms with Gasteiger partial charge in [-0.2, -0.15) is 4.98 Å². The molecule has 0 radical (unpaired) electrons. The Hall–Kier alpha value is -1.29. The number of thioether (sulfide) groups is 1. The maximum absolute atomic E-state index is 12.5. The van der Waals surface area contributed by atoms with Gasteiger partial charge in [0.25, 0.3) is 0 Å². The summed E-state index contributed by atoms with van der Waals surface area (Å²) in [7, 11) is -3.03. The van der Waals surface area contributed by atoms with E-state index >= 15 is 0 Å². The molecule has 0 aliphatic carbocycles. The van der Waals surface area contributed by atoms with Gasteiger partial charge in [0.15, 0.2) is 9.84 Å². The molecule has 0 aromatic carbocycles. The van der Waals surface area contributed by atoms with Crippen LogP contribution in [-0.4, -0.2) is 63.7 Å². The zero-order valence-corrected chi connectivity index (χ0v) is 14.3. The second-order valence-corrected chi connectivity index (χ2v) is 8.58. The van der Waals surface area contributed by atoms with Crippen molar-refractivity contribution in [1.82, 2.24) is 20.1 Å². The molecule has 0 saturated carbocycles. The zero-order chi connectivity index (χ0) is 16.3. The van der Waals surface area contributed by atoms with Crippen LogP contribution in [0.3, 0.4) is 0 Å². The van der Waals surface area contributed by atoms with E-state index in [1.807, 2.05) is 13.8 Å². The van der Waals surface area contributed by atoms with E-state index in [1.54, 1.807) is 4.90 Å². The number of nitrogen functional groups attached to an aromatic ring is 1. The van der Waals surface area contributed by atoms with Crippen LogP contribution in [-0.2, 0) is 14.6 Å². The molecule has 0 bridgehead atoms. The molecule has 8 nitrogen and oxygen atoms in total. The number of hydrogen-bond donors (Lipinski definition) is 2. The normalized spacial score (nSPS) is 21.6. The number of carbonyl (C=O) groups excluding carboxylic acids is 1. The lowest BCUT2D eigenvalue weighted by Crippen LogP contribution is -2.47. The molecule has 1 saturated heterocycles. The Balaban J connectivity index is 2.03. The molecule has 2 heterocycles. The molecule has 1 aromatic rings. The van der Waals surface area contributed by atoms with Crippen molar-refractivity contribution < 1.29 is 13.2 Å². The molecule has 3 N–H and O–H groups in total. The number of sulfone groups is 1. The fourth-order valence-electron chi connectivity index (χ4n) is 2.52. The number of carbonyl (C=O) groups is 1. The first-order valence-electron chi connectivity index (χ1n) is 7.14. The van der Waals surface area contributed by atoms with Crippen LogP contribution in [0.4, 0.5) is 5.95 Å². The van der Waals surface area contributed by atoms with Gasteiger partial charge in [-0.1, -0.05) is 18.7 Å². The summed E-state index contributed by atoms with van der Waals surface area (Å²) in [5.41, 5.74) is 5.44. The van der Waals surface area contributed by atoms with Crippen molar-refractivity contribution in [1.29, 1.82) is 0 Å². The fraction of sp³-hybridized carbons (Fsp3) is 0.750. The molecule has 22 heavy (non-hydrogen) atoms. The zero-order valence-electron chi connectivity index (χ0n) is 12.7. The van der Waals surface area contributed by atoms with E-state index in [0.29, 0.717) is 11.6 Å². The first-order valence-corrected chi connectivity index (χ1v) is 9.95. The summed E-state index contributed by atoms with van der Waals surface area (Å²) in [5.74, 6) is 0.489. The lowest BCUT2D eigenvalue weighted by molar-refractivity contribution is -0.132. The van der Waals surface area contributed by atoms with Gasteiger partial charge < -0.3 is 10.6 Å². The van der Waals surface area contributed by atoms with Gasteiger partial charge in [0.2, 0.25) is 17.0 Å². The monoisotopic (exact) mass is 347 g/mol. The number of aromatic amines is 1. The molecule has 0 unspecified atom stereocenters. The topological polar surface area (TPSA) is 122 Å². The molecule has 1 aliphatic heterocycles. The summed E-state index contributed by atoms with van der Waals surface area (Å²) >= 11 is 1.19. The average Bonchev–Trinajstić information content (AvgIpc) is 3.02. The first kappa shape index (κ1) is 17.1. The third kappa shape index (κ3) is 4.13. The van der Waals surface area contributed by atoms with Crippen molar-refractivity contribution in [3.8, 4) is 0 Å². The Labute approximate surface area is 134 Å². The van der Waals surface area contributed by atoms with Gasteiger partial charge in [-0.25, -0.2) is 13.5 Å². The Morgan fingerprint density at radius 3 is 2.82 bits per heavy atom. The van der Waals surface area contributed by atoms with E-state index in [2.05, 4.69) is 15.2 Å². The van der Waals surface area contributed by atoms with Crippen molar-refractivity contribution in [2.75, 3.05) is 23.0 Å². The van der Waals surface area contributed by atoms with Crippen LogP contribution >= 0.6 is 11.8 Å². The molecule has 1 amide bonds. The van der Waals surface area contributed by atoms with Gasteiger partial charge in [-0.15, -0.1) is 5.10 Å². The number of anilines is 1. The number of aromatic nitrogens is 3. The Morgan fingerprint density at radius 2 is 2.32 bits per heavy atom. The molecule has 1 aromatic heterocycles. The van der Waals surface area contributed by atoms with Crippen molar-refractivity contribution in [2.45, 2.75) is 43.9 Å². The second-order valence-electron chi connectivity index (χ2n) is 5.41. The highest BCUT2D eigenvalue weighted by Crippen LogP contribution is 2.23. The molecular formula is C12H21N5O3S2. The van der Waals surface area contributed by atoms with Crippen LogP contribution in [0.15, 0.2) is 5.16 Å². The Bertz CT molecular complexity index is 630. The van der Waals surface area contributed by atoms with Gasteiger partial charge in [0.1, 0.15) is 0 Å². The summed E-state index contributed by atoms with van der Waals surface area (Å²) in [4.78, 5) is 18.2. The Kier molecular flexibility index (Phi) is 5.32. The molecular weight excluding hydrogens is 326 g/mol. The molecule has 2 atom stereocenters. The maximum Gasteiger partial charge on any atom is 0.233 e. The lowest BCUT2D eigenvalue weighted by atomic mass is 10.1. The van der Waals surface area contributed by atoms with Crippen molar-refractivity contribution in [3.63, 3.8) is 0 Å². The van der Waals surface area contributed by atoms with Gasteiger partial charge >= 0.3 is 0 Å². The van der Waals surface area contributed by atoms with E-state index in [1.165, 1.54) is 11.8 Å². The van der Waals surface area contributed by atoms with Gasteiger partial charge in [0, 0.05) is 12.1 Å². The number of nitrogens with zero attached hydrogens (tertiary/aromatic N) is 3. The standard InChI is InChI=1S/C12H21N5O3S2/c1-3-8(2)17(9-4-5-22(19,20)7-9)10(18)6-21-12-14-11(13)15-16-12/h8-9H,3-7H2,1-2H3,(H3,13,14,15,16)/t8-,9+/m1/s1. The van der Waals surface area contributed by atoms with E-state index in [4.69, 9.17) is 5.73 Å². The maximum atomic E-state index is 12.5. The van der Waals surface area contributed by atoms with E-state index in [9.17, 15) is 13.2 Å². The lowest BCUT2D eigenvalue weighted by Gasteiger charge is -2.33. The predicted octanol–water partition coefficient (Wildman–Crippen LogP) is 0.293. The predicted molar refractivity (Wildman–Crippen MR) is 85.2 cm³/mol. The minimum atomic E-state index is -3.03. The van der Waals surface area contributed by atoms with Crippen molar-refractivity contribution in [2.24, 2.45) is 0 Å². The third-order valence-electron chi connectivity index (χ3n) is 3.76. The molecule has 2 rings (SSSR count). The summed E-state index contributed by atoms with van der Waals surface area (Å²) in [6.45, 7) is 3.93. The van der Waals surface area contributed by atoms with E-state index in [-0.39, 0.29) is 41.2 Å². The number of rotatable bonds is 6. The average molecular weight is 347 g/mol. The summed E-state index contributed by atoms with van der Waals surface area (Å²) in [6.07, 6.45) is 1.29. The van der Waals surface area contributed by atoms with Crippen molar-refractivity contribution in [3.05, 3.63) is 0 Å². The minimum absolute atomic E-state index is 0.00334. The van der Waals surface area contributed by atoms with Gasteiger partial charge in [-0.3, -0.25) is 4.79 Å². The summed E-state index contributed by atoms with van der Waals surface area (Å²) < 4.78 is 23.4. The smallest absolute Gasteiger partial charge is 0.233 e. The summed E-state index contributed by atoms with van der Waals surface area (Å²) in [5, 5.41) is 6.79. The minimum Gasteiger partial charge on any atom is -0.368 e. The summed E-state index contributed by atoms with van der Waals surface area (Å²) in [6, 6.07) is -0.228. The molecule has 1 aliphatic rings. The van der Waals surface area contributed by atoms with Gasteiger partial charge in [0.05, 0.1) is 17.3 Å². The second kappa shape index (κ2) is 6.86. The Morgan fingerprint density at radius 1 is 1.59 bits per heavy atom. The molecule has 124 valence electrons. The third-order valence-corrected chi connectivity index (χ3v) is 6.34. The molecule has 1 fully saturated rings. The quantitative estimate of drug-likeness (QED) is 0.709. The number of hydrogen-bond acceptors (Lipinski definition) is 7.